The van der Waals surface area contributed by atoms with Crippen LogP contribution in [0.15, 0.2) is 41.1 Å². The molecule has 0 aromatic carbocycles. The second kappa shape index (κ2) is 9.91. The molecule has 4 heteroatoms. The van der Waals surface area contributed by atoms with Gasteiger partial charge in [-0.3, -0.25) is 4.99 Å². The van der Waals surface area contributed by atoms with E-state index in [0.29, 0.717) is 0 Å². The molecule has 0 aliphatic carbocycles. The summed E-state index contributed by atoms with van der Waals surface area (Å²) in [6.45, 7) is 9.60. The highest BCUT2D eigenvalue weighted by Gasteiger charge is 1.99. The number of hydrogen-bond donors (Lipinski definition) is 2. The van der Waals surface area contributed by atoms with Gasteiger partial charge in [-0.05, 0) is 25.1 Å². The summed E-state index contributed by atoms with van der Waals surface area (Å²) in [4.78, 5) is 4.16. The fourth-order valence-electron chi connectivity index (χ4n) is 1.21. The molecule has 1 radical (unpaired) electrons. The van der Waals surface area contributed by atoms with E-state index in [1.165, 1.54) is 0 Å². The van der Waals surface area contributed by atoms with E-state index in [9.17, 15) is 5.11 Å². The molecule has 0 fully saturated rings. The summed E-state index contributed by atoms with van der Waals surface area (Å²) in [6, 6.07) is 0. The van der Waals surface area contributed by atoms with Gasteiger partial charge in [-0.15, -0.1) is 0 Å². The Bertz CT molecular complexity index is 303. The van der Waals surface area contributed by atoms with Crippen molar-refractivity contribution < 1.29 is 5.11 Å². The Morgan fingerprint density at radius 2 is 2.18 bits per heavy atom. The number of nitrogens with zero attached hydrogens (tertiary/aromatic N) is 1. The van der Waals surface area contributed by atoms with E-state index >= 15 is 0 Å². The fraction of sp³-hybridized carbons (Fsp3) is 0.462. The van der Waals surface area contributed by atoms with Crippen molar-refractivity contribution in [3.05, 3.63) is 36.1 Å². The highest BCUT2D eigenvalue weighted by Crippen LogP contribution is 2.03. The molecule has 3 nitrogen and oxygen atoms in total. The maximum absolute atomic E-state index is 9.74. The van der Waals surface area contributed by atoms with Crippen LogP contribution in [-0.4, -0.2) is 24.8 Å². The Kier molecular flexibility index (Phi) is 9.16. The summed E-state index contributed by atoms with van der Waals surface area (Å²) in [5, 5.41) is 12.7. The van der Waals surface area contributed by atoms with Gasteiger partial charge < -0.3 is 10.4 Å². The van der Waals surface area contributed by atoms with E-state index < -0.39 is 6.23 Å². The summed E-state index contributed by atoms with van der Waals surface area (Å²) in [7, 11) is 2.01. The van der Waals surface area contributed by atoms with E-state index in [2.05, 4.69) is 23.8 Å². The van der Waals surface area contributed by atoms with Crippen molar-refractivity contribution in [2.24, 2.45) is 4.99 Å². The quantitative estimate of drug-likeness (QED) is 0.384. The first-order valence-corrected chi connectivity index (χ1v) is 5.96. The molecule has 0 bridgehead atoms. The Labute approximate surface area is 105 Å². The maximum atomic E-state index is 9.74. The average Bonchev–Trinajstić information content (AvgIpc) is 2.35. The molecule has 1 atom stereocenters. The van der Waals surface area contributed by atoms with Crippen LogP contribution in [-0.2, 0) is 0 Å². The van der Waals surface area contributed by atoms with Gasteiger partial charge >= 0.3 is 0 Å². The molecule has 0 saturated carbocycles. The number of aliphatic hydroxyl groups is 1. The van der Waals surface area contributed by atoms with Crippen molar-refractivity contribution in [2.75, 3.05) is 0 Å². The molecular formula is C13H22BN2O. The SMILES string of the molecule is C=CC=N/C(=C\C(O)N/C=C(/[B]C)CC)CC. The lowest BCUT2D eigenvalue weighted by Crippen LogP contribution is -2.22. The summed E-state index contributed by atoms with van der Waals surface area (Å²) in [6.07, 6.45) is 7.75. The van der Waals surface area contributed by atoms with E-state index in [0.717, 1.165) is 24.0 Å². The zero-order valence-electron chi connectivity index (χ0n) is 11.0. The van der Waals surface area contributed by atoms with Crippen LogP contribution in [0.3, 0.4) is 0 Å². The zero-order chi connectivity index (χ0) is 13.1. The number of nitrogens with one attached hydrogen (secondary N) is 1. The standard InChI is InChI=1S/C13H22BN2O/c1-5-8-15-12(7-3)9-13(17)16-10-11(6-2)14-4/h5,8-10,13,16-17H,1,6-7H2,2-4H3/b11-10+,12-9-,15-8?. The molecule has 0 spiro atoms. The highest BCUT2D eigenvalue weighted by molar-refractivity contribution is 6.43. The number of allylic oxidation sites excluding steroid dienone is 3. The minimum absolute atomic E-state index is 0.714. The summed E-state index contributed by atoms with van der Waals surface area (Å²) >= 11 is 0. The third-order valence-electron chi connectivity index (χ3n) is 2.28. The van der Waals surface area contributed by atoms with Crippen molar-refractivity contribution in [3.8, 4) is 0 Å². The second-order valence-electron chi connectivity index (χ2n) is 3.50. The predicted octanol–water partition coefficient (Wildman–Crippen LogP) is 2.45. The van der Waals surface area contributed by atoms with E-state index in [1.807, 2.05) is 27.2 Å². The largest absolute Gasteiger partial charge is 0.370 e. The molecule has 0 aromatic heterocycles. The normalized spacial score (nSPS) is 14.8. The van der Waals surface area contributed by atoms with Crippen LogP contribution in [0.4, 0.5) is 0 Å². The number of rotatable bonds is 8. The summed E-state index contributed by atoms with van der Waals surface area (Å²) in [5.74, 6) is 0. The zero-order valence-corrected chi connectivity index (χ0v) is 11.0. The molecule has 0 amide bonds. The van der Waals surface area contributed by atoms with Crippen LogP contribution in [0.5, 0.6) is 0 Å². The molecule has 2 N–H and O–H groups in total. The topological polar surface area (TPSA) is 44.6 Å². The number of aliphatic hydroxyl groups excluding tert-OH is 1. The molecular weight excluding hydrogens is 211 g/mol. The molecule has 0 rings (SSSR count). The minimum Gasteiger partial charge on any atom is -0.370 e. The van der Waals surface area contributed by atoms with Crippen LogP contribution in [0, 0.1) is 0 Å². The van der Waals surface area contributed by atoms with Gasteiger partial charge in [0.05, 0.1) is 0 Å². The van der Waals surface area contributed by atoms with Gasteiger partial charge in [0.1, 0.15) is 13.5 Å². The van der Waals surface area contributed by atoms with E-state index in [-0.39, 0.29) is 0 Å². The van der Waals surface area contributed by atoms with Gasteiger partial charge in [0.15, 0.2) is 0 Å². The lowest BCUT2D eigenvalue weighted by atomic mass is 9.72. The first kappa shape index (κ1) is 15.7. The summed E-state index contributed by atoms with van der Waals surface area (Å²) < 4.78 is 0. The predicted molar refractivity (Wildman–Crippen MR) is 76.2 cm³/mol. The van der Waals surface area contributed by atoms with Crippen LogP contribution in [0.2, 0.25) is 6.82 Å². The lowest BCUT2D eigenvalue weighted by molar-refractivity contribution is 0.201. The van der Waals surface area contributed by atoms with Gasteiger partial charge in [-0.2, -0.15) is 0 Å². The van der Waals surface area contributed by atoms with Crippen LogP contribution in [0.1, 0.15) is 26.7 Å². The minimum atomic E-state index is -0.714. The third kappa shape index (κ3) is 7.58. The Hall–Kier alpha value is -1.29. The number of aliphatic imine (C=N–C) groups is 1. The van der Waals surface area contributed by atoms with Crippen LogP contribution < -0.4 is 5.32 Å². The smallest absolute Gasteiger partial charge is 0.145 e. The first-order valence-electron chi connectivity index (χ1n) is 5.96. The lowest BCUT2D eigenvalue weighted by Gasteiger charge is -2.09. The van der Waals surface area contributed by atoms with Crippen molar-refractivity contribution in [3.63, 3.8) is 0 Å². The third-order valence-corrected chi connectivity index (χ3v) is 2.28. The van der Waals surface area contributed by atoms with Gasteiger partial charge in [-0.1, -0.05) is 38.8 Å². The van der Waals surface area contributed by atoms with Crippen molar-refractivity contribution >= 4 is 13.5 Å². The van der Waals surface area contributed by atoms with Gasteiger partial charge in [-0.25, -0.2) is 0 Å². The molecule has 0 aromatic rings. The molecule has 0 aliphatic rings. The van der Waals surface area contributed by atoms with Gasteiger partial charge in [0.2, 0.25) is 0 Å². The maximum Gasteiger partial charge on any atom is 0.145 e. The Balaban J connectivity index is 4.44. The van der Waals surface area contributed by atoms with E-state index in [4.69, 9.17) is 0 Å². The number of hydrogen-bond acceptors (Lipinski definition) is 3. The molecule has 0 heterocycles. The molecule has 1 unspecified atom stereocenters. The average molecular weight is 233 g/mol. The highest BCUT2D eigenvalue weighted by atomic mass is 16.3. The van der Waals surface area contributed by atoms with Crippen LogP contribution >= 0.6 is 0 Å². The van der Waals surface area contributed by atoms with Gasteiger partial charge in [0, 0.05) is 11.9 Å². The van der Waals surface area contributed by atoms with Crippen molar-refractivity contribution in [1.29, 1.82) is 0 Å². The fourth-order valence-corrected chi connectivity index (χ4v) is 1.21. The Morgan fingerprint density at radius 1 is 1.47 bits per heavy atom. The monoisotopic (exact) mass is 233 g/mol. The Morgan fingerprint density at radius 3 is 2.65 bits per heavy atom. The van der Waals surface area contributed by atoms with Crippen LogP contribution in [0.25, 0.3) is 0 Å². The van der Waals surface area contributed by atoms with Crippen molar-refractivity contribution in [2.45, 2.75) is 39.7 Å². The molecule has 17 heavy (non-hydrogen) atoms. The van der Waals surface area contributed by atoms with Crippen molar-refractivity contribution in [1.82, 2.24) is 5.32 Å². The summed E-state index contributed by atoms with van der Waals surface area (Å²) in [5.41, 5.74) is 1.99. The van der Waals surface area contributed by atoms with Gasteiger partial charge in [0.25, 0.3) is 0 Å². The molecule has 0 saturated heterocycles. The second-order valence-corrected chi connectivity index (χ2v) is 3.50. The molecule has 0 aliphatic heterocycles. The molecule has 93 valence electrons. The van der Waals surface area contributed by atoms with E-state index in [1.54, 1.807) is 18.4 Å². The first-order chi connectivity index (χ1) is 8.17.